The minimum absolute atomic E-state index is 0.371. The third kappa shape index (κ3) is 4.61. The van der Waals surface area contributed by atoms with Crippen molar-refractivity contribution in [2.45, 2.75) is 43.2 Å². The highest BCUT2D eigenvalue weighted by molar-refractivity contribution is 8.07. The summed E-state index contributed by atoms with van der Waals surface area (Å²) in [5, 5.41) is 14.7. The van der Waals surface area contributed by atoms with Crippen LogP contribution in [0.5, 0.6) is 5.75 Å². The summed E-state index contributed by atoms with van der Waals surface area (Å²) >= 11 is 4.20. The standard InChI is InChI=1S/C16H25NOS2/c1-3-7-17-15(16-12(2)19-8-9-20-16)11-13-5-4-6-14(18)10-13/h4-6,10,12,15-18H,3,7-9,11H2,1-2H3. The van der Waals surface area contributed by atoms with Crippen LogP contribution in [0.15, 0.2) is 24.3 Å². The van der Waals surface area contributed by atoms with Crippen molar-refractivity contribution >= 4 is 23.5 Å². The second kappa shape index (κ2) is 8.20. The fourth-order valence-corrected chi connectivity index (χ4v) is 5.62. The Morgan fingerprint density at radius 2 is 2.15 bits per heavy atom. The molecule has 20 heavy (non-hydrogen) atoms. The summed E-state index contributed by atoms with van der Waals surface area (Å²) in [5.74, 6) is 2.90. The quantitative estimate of drug-likeness (QED) is 0.842. The molecule has 1 aromatic rings. The SMILES string of the molecule is CCCNC(Cc1cccc(O)c1)C1SCCSC1C. The van der Waals surface area contributed by atoms with E-state index < -0.39 is 0 Å². The molecule has 2 rings (SSSR count). The summed E-state index contributed by atoms with van der Waals surface area (Å²) in [5.41, 5.74) is 1.22. The molecule has 0 saturated carbocycles. The first-order chi connectivity index (χ1) is 9.70. The lowest BCUT2D eigenvalue weighted by Crippen LogP contribution is -2.46. The summed E-state index contributed by atoms with van der Waals surface area (Å²) in [7, 11) is 0. The van der Waals surface area contributed by atoms with Crippen molar-refractivity contribution in [1.29, 1.82) is 0 Å². The number of rotatable bonds is 6. The van der Waals surface area contributed by atoms with Crippen molar-refractivity contribution < 1.29 is 5.11 Å². The van der Waals surface area contributed by atoms with Crippen LogP contribution < -0.4 is 5.32 Å². The molecule has 0 bridgehead atoms. The van der Waals surface area contributed by atoms with Gasteiger partial charge >= 0.3 is 0 Å². The molecule has 0 radical (unpaired) electrons. The normalized spacial score (nSPS) is 24.5. The molecular weight excluding hydrogens is 286 g/mol. The van der Waals surface area contributed by atoms with Gasteiger partial charge in [-0.15, -0.1) is 0 Å². The van der Waals surface area contributed by atoms with E-state index in [1.165, 1.54) is 17.1 Å². The van der Waals surface area contributed by atoms with Gasteiger partial charge < -0.3 is 10.4 Å². The Kier molecular flexibility index (Phi) is 6.59. The topological polar surface area (TPSA) is 32.3 Å². The summed E-state index contributed by atoms with van der Waals surface area (Å²) in [4.78, 5) is 0. The summed E-state index contributed by atoms with van der Waals surface area (Å²) in [6.45, 7) is 5.63. The zero-order chi connectivity index (χ0) is 14.4. The van der Waals surface area contributed by atoms with Gasteiger partial charge in [-0.25, -0.2) is 0 Å². The van der Waals surface area contributed by atoms with Gasteiger partial charge in [0.15, 0.2) is 0 Å². The molecule has 1 aliphatic rings. The van der Waals surface area contributed by atoms with Crippen molar-refractivity contribution in [3.05, 3.63) is 29.8 Å². The van der Waals surface area contributed by atoms with E-state index in [0.29, 0.717) is 22.3 Å². The molecule has 112 valence electrons. The van der Waals surface area contributed by atoms with E-state index in [1.54, 1.807) is 6.07 Å². The van der Waals surface area contributed by atoms with Crippen LogP contribution in [0.25, 0.3) is 0 Å². The van der Waals surface area contributed by atoms with Gasteiger partial charge in [-0.05, 0) is 37.1 Å². The number of aromatic hydroxyl groups is 1. The molecule has 3 unspecified atom stereocenters. The van der Waals surface area contributed by atoms with Gasteiger partial charge in [-0.2, -0.15) is 23.5 Å². The molecule has 2 nitrogen and oxygen atoms in total. The molecule has 1 fully saturated rings. The zero-order valence-electron chi connectivity index (χ0n) is 12.3. The fourth-order valence-electron chi connectivity index (χ4n) is 2.66. The van der Waals surface area contributed by atoms with Crippen LogP contribution in [0.2, 0.25) is 0 Å². The van der Waals surface area contributed by atoms with Gasteiger partial charge in [0.25, 0.3) is 0 Å². The van der Waals surface area contributed by atoms with Crippen molar-refractivity contribution in [3.63, 3.8) is 0 Å². The van der Waals surface area contributed by atoms with E-state index in [4.69, 9.17) is 0 Å². The maximum atomic E-state index is 9.63. The van der Waals surface area contributed by atoms with E-state index in [-0.39, 0.29) is 0 Å². The van der Waals surface area contributed by atoms with Crippen molar-refractivity contribution in [2.75, 3.05) is 18.1 Å². The van der Waals surface area contributed by atoms with Gasteiger partial charge in [0.05, 0.1) is 0 Å². The molecule has 1 aromatic carbocycles. The summed E-state index contributed by atoms with van der Waals surface area (Å²) in [6.07, 6.45) is 2.16. The number of hydrogen-bond donors (Lipinski definition) is 2. The van der Waals surface area contributed by atoms with Gasteiger partial charge in [-0.1, -0.05) is 26.0 Å². The van der Waals surface area contributed by atoms with E-state index in [0.717, 1.165) is 19.4 Å². The lowest BCUT2D eigenvalue weighted by atomic mass is 10.0. The minimum atomic E-state index is 0.371. The average Bonchev–Trinajstić information content (AvgIpc) is 2.44. The fraction of sp³-hybridized carbons (Fsp3) is 0.625. The van der Waals surface area contributed by atoms with Crippen LogP contribution in [-0.4, -0.2) is 39.7 Å². The number of thioether (sulfide) groups is 2. The van der Waals surface area contributed by atoms with Crippen LogP contribution in [0.1, 0.15) is 25.8 Å². The first-order valence-electron chi connectivity index (χ1n) is 7.45. The summed E-state index contributed by atoms with van der Waals surface area (Å²) < 4.78 is 0. The molecule has 3 atom stereocenters. The molecule has 1 heterocycles. The first-order valence-corrected chi connectivity index (χ1v) is 9.55. The number of nitrogens with one attached hydrogen (secondary N) is 1. The first kappa shape index (κ1) is 16.1. The molecular formula is C16H25NOS2. The monoisotopic (exact) mass is 311 g/mol. The van der Waals surface area contributed by atoms with Crippen LogP contribution in [0, 0.1) is 0 Å². The molecule has 0 amide bonds. The van der Waals surface area contributed by atoms with Gasteiger partial charge in [-0.3, -0.25) is 0 Å². The lowest BCUT2D eigenvalue weighted by molar-refractivity contribution is 0.469. The van der Waals surface area contributed by atoms with Gasteiger partial charge in [0.1, 0.15) is 5.75 Å². The van der Waals surface area contributed by atoms with Crippen LogP contribution in [0.3, 0.4) is 0 Å². The number of phenols is 1. The Balaban J connectivity index is 2.06. The highest BCUT2D eigenvalue weighted by Crippen LogP contribution is 2.34. The maximum Gasteiger partial charge on any atom is 0.115 e. The van der Waals surface area contributed by atoms with Crippen molar-refractivity contribution in [3.8, 4) is 5.75 Å². The molecule has 0 aromatic heterocycles. The van der Waals surface area contributed by atoms with Crippen molar-refractivity contribution in [1.82, 2.24) is 5.32 Å². The predicted octanol–water partition coefficient (Wildman–Crippen LogP) is 3.54. The van der Waals surface area contributed by atoms with E-state index in [1.807, 2.05) is 12.1 Å². The second-order valence-electron chi connectivity index (χ2n) is 5.35. The molecule has 1 saturated heterocycles. The zero-order valence-corrected chi connectivity index (χ0v) is 14.0. The van der Waals surface area contributed by atoms with Gasteiger partial charge in [0, 0.05) is 28.0 Å². The van der Waals surface area contributed by atoms with E-state index in [2.05, 4.69) is 48.8 Å². The van der Waals surface area contributed by atoms with E-state index in [9.17, 15) is 5.11 Å². The van der Waals surface area contributed by atoms with Gasteiger partial charge in [0.2, 0.25) is 0 Å². The largest absolute Gasteiger partial charge is 0.508 e. The van der Waals surface area contributed by atoms with E-state index >= 15 is 0 Å². The highest BCUT2D eigenvalue weighted by Gasteiger charge is 2.30. The predicted molar refractivity (Wildman–Crippen MR) is 92.1 cm³/mol. The Bertz CT molecular complexity index is 413. The average molecular weight is 312 g/mol. The third-order valence-corrected chi connectivity index (χ3v) is 6.91. The third-order valence-electron chi connectivity index (χ3n) is 3.66. The molecule has 1 aliphatic heterocycles. The smallest absolute Gasteiger partial charge is 0.115 e. The molecule has 2 N–H and O–H groups in total. The van der Waals surface area contributed by atoms with Crippen molar-refractivity contribution in [2.24, 2.45) is 0 Å². The number of benzene rings is 1. The molecule has 0 spiro atoms. The minimum Gasteiger partial charge on any atom is -0.508 e. The van der Waals surface area contributed by atoms with Crippen LogP contribution >= 0.6 is 23.5 Å². The Morgan fingerprint density at radius 3 is 2.85 bits per heavy atom. The second-order valence-corrected chi connectivity index (χ2v) is 8.12. The Morgan fingerprint density at radius 1 is 1.35 bits per heavy atom. The number of hydrogen-bond acceptors (Lipinski definition) is 4. The Hall–Kier alpha value is -0.320. The van der Waals surface area contributed by atoms with Crippen LogP contribution in [0.4, 0.5) is 0 Å². The lowest BCUT2D eigenvalue weighted by Gasteiger charge is -2.35. The maximum absolute atomic E-state index is 9.63. The summed E-state index contributed by atoms with van der Waals surface area (Å²) in [6, 6.07) is 8.18. The highest BCUT2D eigenvalue weighted by atomic mass is 32.2. The number of phenolic OH excluding ortho intramolecular Hbond substituents is 1. The Labute approximate surface area is 131 Å². The molecule has 0 aliphatic carbocycles. The molecule has 4 heteroatoms. The van der Waals surface area contributed by atoms with Crippen LogP contribution in [-0.2, 0) is 6.42 Å².